The van der Waals surface area contributed by atoms with E-state index in [0.717, 1.165) is 19.4 Å². The third-order valence-corrected chi connectivity index (χ3v) is 9.52. The van der Waals surface area contributed by atoms with Crippen LogP contribution in [0.3, 0.4) is 0 Å². The summed E-state index contributed by atoms with van der Waals surface area (Å²) < 4.78 is 0.614. The zero-order valence-corrected chi connectivity index (χ0v) is 29.1. The molecule has 7 heteroatoms. The lowest BCUT2D eigenvalue weighted by molar-refractivity contribution is -0.929. The van der Waals surface area contributed by atoms with Crippen LogP contribution in [0.5, 0.6) is 0 Å². The van der Waals surface area contributed by atoms with E-state index in [4.69, 9.17) is 0 Å². The Labute approximate surface area is 270 Å². The van der Waals surface area contributed by atoms with E-state index >= 15 is 0 Å². The van der Waals surface area contributed by atoms with Gasteiger partial charge in [-0.25, -0.2) is 0 Å². The highest BCUT2D eigenvalue weighted by atomic mass is 16.4. The van der Waals surface area contributed by atoms with E-state index in [0.29, 0.717) is 43.4 Å². The van der Waals surface area contributed by atoms with Crippen LogP contribution in [0.4, 0.5) is 0 Å². The minimum absolute atomic E-state index is 0.478. The molecule has 0 bridgehead atoms. The van der Waals surface area contributed by atoms with Crippen LogP contribution in [0.25, 0.3) is 0 Å². The van der Waals surface area contributed by atoms with Gasteiger partial charge in [0, 0.05) is 19.3 Å². The van der Waals surface area contributed by atoms with Gasteiger partial charge < -0.3 is 19.8 Å². The molecule has 0 aliphatic rings. The lowest BCUT2D eigenvalue weighted by Gasteiger charge is -2.40. The molecule has 0 saturated carbocycles. The van der Waals surface area contributed by atoms with Crippen molar-refractivity contribution in [3.8, 4) is 0 Å². The number of aliphatic carboxylic acids is 3. The topological polar surface area (TPSA) is 112 Å². The SMILES string of the molecule is CCCC/C=C/CCCCCCCCCCCCCCCC[N+](CCC(C)C(=O)O)(CCC(C)C(=O)O)CCC(C)C(=O)O. The molecule has 0 amide bonds. The van der Waals surface area contributed by atoms with Gasteiger partial charge in [0.1, 0.15) is 0 Å². The van der Waals surface area contributed by atoms with Gasteiger partial charge in [-0.15, -0.1) is 0 Å². The first-order valence-electron chi connectivity index (χ1n) is 18.2. The number of nitrogens with zero attached hydrogens (tertiary/aromatic N) is 1. The van der Waals surface area contributed by atoms with Gasteiger partial charge in [0.05, 0.1) is 43.9 Å². The molecular weight excluding hydrogens is 554 g/mol. The predicted molar refractivity (Wildman–Crippen MR) is 182 cm³/mol. The van der Waals surface area contributed by atoms with Crippen molar-refractivity contribution in [3.05, 3.63) is 12.2 Å². The normalized spacial score (nSPS) is 15.2. The molecule has 0 rings (SSSR count). The molecule has 0 spiro atoms. The molecule has 0 aliphatic carbocycles. The number of allylic oxidation sites excluding steroid dienone is 2. The maximum Gasteiger partial charge on any atom is 0.306 e. The summed E-state index contributed by atoms with van der Waals surface area (Å²) in [6.45, 7) is 10.2. The average molecular weight is 625 g/mol. The third kappa shape index (κ3) is 23.5. The number of hydrogen-bond donors (Lipinski definition) is 3. The minimum atomic E-state index is -0.822. The first-order valence-corrected chi connectivity index (χ1v) is 18.2. The van der Waals surface area contributed by atoms with Crippen molar-refractivity contribution < 1.29 is 34.2 Å². The van der Waals surface area contributed by atoms with E-state index in [1.165, 1.54) is 103 Å². The Morgan fingerprint density at radius 2 is 0.773 bits per heavy atom. The predicted octanol–water partition coefficient (Wildman–Crippen LogP) is 9.73. The van der Waals surface area contributed by atoms with E-state index in [-0.39, 0.29) is 0 Å². The zero-order valence-electron chi connectivity index (χ0n) is 29.1. The van der Waals surface area contributed by atoms with Crippen LogP contribution in [0.1, 0.15) is 163 Å². The number of carboxylic acid groups (broad SMARTS) is 3. The minimum Gasteiger partial charge on any atom is -0.481 e. The fraction of sp³-hybridized carbons (Fsp3) is 0.865. The van der Waals surface area contributed by atoms with Crippen molar-refractivity contribution in [1.82, 2.24) is 0 Å². The molecule has 0 fully saturated rings. The summed E-state index contributed by atoms with van der Waals surface area (Å²) in [4.78, 5) is 34.5. The second-order valence-electron chi connectivity index (χ2n) is 13.7. The van der Waals surface area contributed by atoms with E-state index in [1.807, 2.05) is 0 Å². The van der Waals surface area contributed by atoms with E-state index in [1.54, 1.807) is 20.8 Å². The molecule has 3 N–H and O–H groups in total. The fourth-order valence-electron chi connectivity index (χ4n) is 5.83. The first kappa shape index (κ1) is 42.1. The fourth-order valence-corrected chi connectivity index (χ4v) is 5.83. The van der Waals surface area contributed by atoms with Gasteiger partial charge in [0.25, 0.3) is 0 Å². The Kier molecular flexibility index (Phi) is 26.2. The quantitative estimate of drug-likeness (QED) is 0.0390. The van der Waals surface area contributed by atoms with Crippen LogP contribution in [-0.2, 0) is 14.4 Å². The van der Waals surface area contributed by atoms with Gasteiger partial charge in [-0.1, -0.05) is 123 Å². The number of carboxylic acids is 3. The van der Waals surface area contributed by atoms with Gasteiger partial charge >= 0.3 is 17.9 Å². The van der Waals surface area contributed by atoms with E-state index < -0.39 is 35.7 Å². The molecule has 0 aromatic rings. The van der Waals surface area contributed by atoms with Crippen LogP contribution < -0.4 is 0 Å². The molecule has 44 heavy (non-hydrogen) atoms. The smallest absolute Gasteiger partial charge is 0.306 e. The first-order chi connectivity index (χ1) is 21.0. The van der Waals surface area contributed by atoms with Crippen LogP contribution in [0.15, 0.2) is 12.2 Å². The highest BCUT2D eigenvalue weighted by Gasteiger charge is 2.31. The molecule has 7 nitrogen and oxygen atoms in total. The van der Waals surface area contributed by atoms with Gasteiger partial charge in [-0.3, -0.25) is 14.4 Å². The number of carbonyl (C=O) groups is 3. The highest BCUT2D eigenvalue weighted by molar-refractivity contribution is 5.70. The molecular formula is C37H70NO6+. The highest BCUT2D eigenvalue weighted by Crippen LogP contribution is 2.22. The van der Waals surface area contributed by atoms with Crippen molar-refractivity contribution >= 4 is 17.9 Å². The zero-order chi connectivity index (χ0) is 33.1. The molecule has 0 aliphatic heterocycles. The maximum absolute atomic E-state index is 11.5. The summed E-state index contributed by atoms with van der Waals surface area (Å²) in [5.41, 5.74) is 0. The van der Waals surface area contributed by atoms with Crippen molar-refractivity contribution in [2.75, 3.05) is 26.2 Å². The molecule has 0 aromatic heterocycles. The molecule has 0 saturated heterocycles. The number of quaternary nitrogens is 1. The summed E-state index contributed by atoms with van der Waals surface area (Å²) in [6.07, 6.45) is 29.2. The van der Waals surface area contributed by atoms with Gasteiger partial charge in [-0.05, 0) is 32.1 Å². The summed E-state index contributed by atoms with van der Waals surface area (Å²) in [6, 6.07) is 0. The molecule has 3 unspecified atom stereocenters. The second-order valence-corrected chi connectivity index (χ2v) is 13.7. The number of unbranched alkanes of at least 4 members (excludes halogenated alkanes) is 16. The molecule has 258 valence electrons. The average Bonchev–Trinajstić information content (AvgIpc) is 2.99. The maximum atomic E-state index is 11.5. The second kappa shape index (κ2) is 27.4. The summed E-state index contributed by atoms with van der Waals surface area (Å²) in [5.74, 6) is -3.90. The molecule has 0 aromatic carbocycles. The van der Waals surface area contributed by atoms with Gasteiger partial charge in [0.2, 0.25) is 0 Å². The monoisotopic (exact) mass is 625 g/mol. The molecule has 0 radical (unpaired) electrons. The standard InChI is InChI=1S/C37H69NO6/c1-5-6-7-8-9-10-11-12-13-14-15-16-17-18-19-20-21-22-23-24-28-38(29-25-32(2)35(39)40,30-26-33(3)36(41)42)31-27-34(4)37(43)44/h8-9,32-34H,5-7,10-31H2,1-4H3,(H2-,39,40,41,42,43,44)/p+1/b9-8+. The van der Waals surface area contributed by atoms with Crippen LogP contribution in [0, 0.1) is 17.8 Å². The van der Waals surface area contributed by atoms with Crippen LogP contribution >= 0.6 is 0 Å². The van der Waals surface area contributed by atoms with Gasteiger partial charge in [-0.2, -0.15) is 0 Å². The van der Waals surface area contributed by atoms with Crippen molar-refractivity contribution in [3.63, 3.8) is 0 Å². The Morgan fingerprint density at radius 3 is 1.09 bits per heavy atom. The summed E-state index contributed by atoms with van der Waals surface area (Å²) >= 11 is 0. The van der Waals surface area contributed by atoms with Gasteiger partial charge in [0.15, 0.2) is 0 Å². The summed E-state index contributed by atoms with van der Waals surface area (Å²) in [7, 11) is 0. The Bertz CT molecular complexity index is 707. The van der Waals surface area contributed by atoms with Crippen molar-refractivity contribution in [1.29, 1.82) is 0 Å². The van der Waals surface area contributed by atoms with Crippen LogP contribution in [0.2, 0.25) is 0 Å². The van der Waals surface area contributed by atoms with E-state index in [2.05, 4.69) is 19.1 Å². The number of hydrogen-bond acceptors (Lipinski definition) is 3. The van der Waals surface area contributed by atoms with E-state index in [9.17, 15) is 29.7 Å². The van der Waals surface area contributed by atoms with Crippen molar-refractivity contribution in [2.24, 2.45) is 17.8 Å². The molecule has 3 atom stereocenters. The third-order valence-electron chi connectivity index (χ3n) is 9.52. The Hall–Kier alpha value is -1.89. The largest absolute Gasteiger partial charge is 0.481 e. The van der Waals surface area contributed by atoms with Crippen molar-refractivity contribution in [2.45, 2.75) is 163 Å². The Morgan fingerprint density at radius 1 is 0.477 bits per heavy atom. The lowest BCUT2D eigenvalue weighted by atomic mass is 10.0. The Balaban J connectivity index is 4.38. The van der Waals surface area contributed by atoms with Crippen LogP contribution in [-0.4, -0.2) is 63.9 Å². The molecule has 0 heterocycles. The number of rotatable bonds is 32. The summed E-state index contributed by atoms with van der Waals surface area (Å²) in [5, 5.41) is 28.3. The lowest BCUT2D eigenvalue weighted by Crippen LogP contribution is -2.52.